The maximum Gasteiger partial charge on any atom is 0.341 e. The molecule has 0 saturated carbocycles. The highest BCUT2D eigenvalue weighted by atomic mass is 35.5. The number of anilines is 1. The molecule has 0 heterocycles. The Labute approximate surface area is 145 Å². The van der Waals surface area contributed by atoms with Crippen LogP contribution in [0.1, 0.15) is 26.7 Å². The van der Waals surface area contributed by atoms with Crippen LogP contribution in [0, 0.1) is 5.92 Å². The average Bonchev–Trinajstić information content (AvgIpc) is 2.50. The summed E-state index contributed by atoms with van der Waals surface area (Å²) in [6.45, 7) is 3.40. The van der Waals surface area contributed by atoms with Gasteiger partial charge in [0.15, 0.2) is 6.61 Å². The van der Waals surface area contributed by atoms with Gasteiger partial charge in [-0.1, -0.05) is 25.4 Å². The van der Waals surface area contributed by atoms with Gasteiger partial charge in [-0.2, -0.15) is 0 Å². The van der Waals surface area contributed by atoms with Gasteiger partial charge in [-0.25, -0.2) is 4.79 Å². The van der Waals surface area contributed by atoms with E-state index in [1.165, 1.54) is 18.2 Å². The number of carbonyl (C=O) groups excluding carboxylic acids is 2. The van der Waals surface area contributed by atoms with Crippen molar-refractivity contribution in [1.29, 1.82) is 0 Å². The number of nitrogens with one attached hydrogen (secondary N) is 2. The Balaban J connectivity index is 2.45. The second-order valence-electron chi connectivity index (χ2n) is 5.59. The summed E-state index contributed by atoms with van der Waals surface area (Å²) in [5.74, 6) is -1.04. The molecule has 0 aliphatic rings. The summed E-state index contributed by atoms with van der Waals surface area (Å²) in [4.78, 5) is 33.8. The molecule has 24 heavy (non-hydrogen) atoms. The van der Waals surface area contributed by atoms with E-state index in [0.29, 0.717) is 18.0 Å². The first-order valence-corrected chi connectivity index (χ1v) is 7.86. The number of halogens is 1. The Morgan fingerprint density at radius 2 is 1.96 bits per heavy atom. The summed E-state index contributed by atoms with van der Waals surface area (Å²) in [6, 6.07) is 4.43. The Bertz CT molecular complexity index is 604. The second kappa shape index (κ2) is 9.77. The molecule has 8 heteroatoms. The molecule has 0 aliphatic heterocycles. The van der Waals surface area contributed by atoms with E-state index in [9.17, 15) is 14.4 Å². The number of benzene rings is 1. The van der Waals surface area contributed by atoms with E-state index in [1.807, 2.05) is 13.8 Å². The van der Waals surface area contributed by atoms with E-state index >= 15 is 0 Å². The predicted octanol–water partition coefficient (Wildman–Crippen LogP) is 2.29. The summed E-state index contributed by atoms with van der Waals surface area (Å²) < 4.78 is 4.98. The Hall–Kier alpha value is -2.28. The number of hydrogen-bond donors (Lipinski definition) is 3. The predicted molar refractivity (Wildman–Crippen MR) is 90.3 cm³/mol. The van der Waals surface area contributed by atoms with Gasteiger partial charge in [0.2, 0.25) is 11.8 Å². The van der Waals surface area contributed by atoms with Gasteiger partial charge in [-0.15, -0.1) is 0 Å². The molecule has 0 unspecified atom stereocenters. The molecule has 1 rings (SSSR count). The van der Waals surface area contributed by atoms with Crippen LogP contribution in [0.2, 0.25) is 5.02 Å². The van der Waals surface area contributed by atoms with Crippen molar-refractivity contribution in [1.82, 2.24) is 5.32 Å². The van der Waals surface area contributed by atoms with Crippen molar-refractivity contribution in [3.8, 4) is 5.75 Å². The van der Waals surface area contributed by atoms with E-state index < -0.39 is 12.6 Å². The van der Waals surface area contributed by atoms with Gasteiger partial charge in [0.25, 0.3) is 0 Å². The SMILES string of the molecule is CC(C)CCC(=O)NCC(=O)Nc1ccc(OCC(=O)O)c(Cl)c1. The fourth-order valence-corrected chi connectivity index (χ4v) is 1.96. The van der Waals surface area contributed by atoms with Gasteiger partial charge in [0, 0.05) is 12.1 Å². The van der Waals surface area contributed by atoms with Gasteiger partial charge in [-0.05, 0) is 30.5 Å². The van der Waals surface area contributed by atoms with Crippen molar-refractivity contribution in [3.05, 3.63) is 23.2 Å². The third-order valence-electron chi connectivity index (χ3n) is 2.96. The first-order chi connectivity index (χ1) is 11.3. The largest absolute Gasteiger partial charge is 0.480 e. The number of aliphatic carboxylic acids is 1. The van der Waals surface area contributed by atoms with Gasteiger partial charge in [0.05, 0.1) is 11.6 Å². The van der Waals surface area contributed by atoms with Crippen LogP contribution < -0.4 is 15.4 Å². The lowest BCUT2D eigenvalue weighted by atomic mass is 10.1. The minimum absolute atomic E-state index is 0.133. The summed E-state index contributed by atoms with van der Waals surface area (Å²) in [7, 11) is 0. The van der Waals surface area contributed by atoms with E-state index in [4.69, 9.17) is 21.4 Å². The molecule has 0 spiro atoms. The summed E-state index contributed by atoms with van der Waals surface area (Å²) >= 11 is 5.96. The number of ether oxygens (including phenoxy) is 1. The lowest BCUT2D eigenvalue weighted by Gasteiger charge is -2.10. The number of carbonyl (C=O) groups is 3. The lowest BCUT2D eigenvalue weighted by Crippen LogP contribution is -2.32. The number of rotatable bonds is 9. The molecule has 0 bridgehead atoms. The molecule has 0 atom stereocenters. The van der Waals surface area contributed by atoms with Crippen LogP contribution in [0.4, 0.5) is 5.69 Å². The van der Waals surface area contributed by atoms with Crippen LogP contribution in [0.3, 0.4) is 0 Å². The van der Waals surface area contributed by atoms with Crippen molar-refractivity contribution in [2.24, 2.45) is 5.92 Å². The molecule has 0 saturated heterocycles. The number of carboxylic acid groups (broad SMARTS) is 1. The molecule has 0 radical (unpaired) electrons. The standard InChI is InChI=1S/C16H21ClN2O5/c1-10(2)3-6-14(20)18-8-15(21)19-11-4-5-13(12(17)7-11)24-9-16(22)23/h4-5,7,10H,3,6,8-9H2,1-2H3,(H,18,20)(H,19,21)(H,22,23). The Morgan fingerprint density at radius 1 is 1.25 bits per heavy atom. The number of hydrogen-bond acceptors (Lipinski definition) is 4. The highest BCUT2D eigenvalue weighted by molar-refractivity contribution is 6.32. The monoisotopic (exact) mass is 356 g/mol. The first kappa shape index (κ1) is 19.8. The van der Waals surface area contributed by atoms with E-state index in [1.54, 1.807) is 0 Å². The zero-order chi connectivity index (χ0) is 18.1. The van der Waals surface area contributed by atoms with Crippen molar-refractivity contribution in [2.75, 3.05) is 18.5 Å². The normalized spacial score (nSPS) is 10.3. The Morgan fingerprint density at radius 3 is 2.54 bits per heavy atom. The molecule has 0 fully saturated rings. The van der Waals surface area contributed by atoms with Crippen LogP contribution in [0.25, 0.3) is 0 Å². The molecule has 1 aromatic carbocycles. The highest BCUT2D eigenvalue weighted by Crippen LogP contribution is 2.27. The first-order valence-electron chi connectivity index (χ1n) is 7.48. The number of amides is 2. The molecule has 2 amide bonds. The van der Waals surface area contributed by atoms with E-state index in [0.717, 1.165) is 6.42 Å². The fraction of sp³-hybridized carbons (Fsp3) is 0.438. The van der Waals surface area contributed by atoms with Crippen LogP contribution in [-0.2, 0) is 14.4 Å². The molecule has 0 aromatic heterocycles. The van der Waals surface area contributed by atoms with E-state index in [-0.39, 0.29) is 29.1 Å². The second-order valence-corrected chi connectivity index (χ2v) is 5.99. The zero-order valence-electron chi connectivity index (χ0n) is 13.6. The third kappa shape index (κ3) is 7.82. The minimum atomic E-state index is -1.11. The van der Waals surface area contributed by atoms with Crippen molar-refractivity contribution in [3.63, 3.8) is 0 Å². The van der Waals surface area contributed by atoms with E-state index in [2.05, 4.69) is 10.6 Å². The van der Waals surface area contributed by atoms with Crippen LogP contribution in [-0.4, -0.2) is 36.0 Å². The summed E-state index contributed by atoms with van der Waals surface area (Å²) in [5, 5.41) is 13.9. The average molecular weight is 357 g/mol. The topological polar surface area (TPSA) is 105 Å². The van der Waals surface area contributed by atoms with Crippen molar-refractivity contribution < 1.29 is 24.2 Å². The molecule has 0 aliphatic carbocycles. The van der Waals surface area contributed by atoms with Crippen LogP contribution in [0.15, 0.2) is 18.2 Å². The maximum atomic E-state index is 11.8. The fourth-order valence-electron chi connectivity index (χ4n) is 1.73. The summed E-state index contributed by atoms with van der Waals surface area (Å²) in [6.07, 6.45) is 1.15. The quantitative estimate of drug-likeness (QED) is 0.629. The summed E-state index contributed by atoms with van der Waals surface area (Å²) in [5.41, 5.74) is 0.420. The maximum absolute atomic E-state index is 11.8. The molecular formula is C16H21ClN2O5. The highest BCUT2D eigenvalue weighted by Gasteiger charge is 2.09. The zero-order valence-corrected chi connectivity index (χ0v) is 14.4. The molecule has 1 aromatic rings. The molecule has 3 N–H and O–H groups in total. The minimum Gasteiger partial charge on any atom is -0.480 e. The lowest BCUT2D eigenvalue weighted by molar-refractivity contribution is -0.139. The molecule has 7 nitrogen and oxygen atoms in total. The van der Waals surface area contributed by atoms with Gasteiger partial charge < -0.3 is 20.5 Å². The van der Waals surface area contributed by atoms with Gasteiger partial charge >= 0.3 is 5.97 Å². The smallest absolute Gasteiger partial charge is 0.341 e. The van der Waals surface area contributed by atoms with Crippen molar-refractivity contribution in [2.45, 2.75) is 26.7 Å². The van der Waals surface area contributed by atoms with Crippen LogP contribution in [0.5, 0.6) is 5.75 Å². The molecular weight excluding hydrogens is 336 g/mol. The number of carboxylic acids is 1. The van der Waals surface area contributed by atoms with Crippen molar-refractivity contribution >= 4 is 35.1 Å². The van der Waals surface area contributed by atoms with Gasteiger partial charge in [0.1, 0.15) is 5.75 Å². The third-order valence-corrected chi connectivity index (χ3v) is 3.26. The van der Waals surface area contributed by atoms with Gasteiger partial charge in [-0.3, -0.25) is 9.59 Å². The molecule has 132 valence electrons. The Kier molecular flexibility index (Phi) is 8.05. The van der Waals surface area contributed by atoms with Crippen LogP contribution >= 0.6 is 11.6 Å².